The number of benzene rings is 2. The highest BCUT2D eigenvalue weighted by Gasteiger charge is 2.12. The van der Waals surface area contributed by atoms with Crippen LogP contribution in [0.4, 0.5) is 0 Å². The zero-order valence-corrected chi connectivity index (χ0v) is 11.1. The zero-order chi connectivity index (χ0) is 13.2. The van der Waals surface area contributed by atoms with Gasteiger partial charge in [0.25, 0.3) is 0 Å². The third-order valence-electron chi connectivity index (χ3n) is 3.69. The second-order valence-electron chi connectivity index (χ2n) is 4.88. The van der Waals surface area contributed by atoms with E-state index >= 15 is 0 Å². The number of carbonyl (C=O) groups excluding carboxylic acids is 1. The van der Waals surface area contributed by atoms with Crippen molar-refractivity contribution in [3.05, 3.63) is 48.0 Å². The number of nitrogens with zero attached hydrogens (tertiary/aromatic N) is 1. The van der Waals surface area contributed by atoms with Crippen LogP contribution in [0, 0.1) is 0 Å². The Kier molecular flexibility index (Phi) is 3.08. The normalized spacial score (nSPS) is 11.2. The van der Waals surface area contributed by atoms with Crippen LogP contribution in [0.2, 0.25) is 0 Å². The largest absolute Gasteiger partial charge is 0.340 e. The number of rotatable bonds is 4. The van der Waals surface area contributed by atoms with Crippen molar-refractivity contribution in [3.63, 3.8) is 0 Å². The molecule has 0 aliphatic carbocycles. The molecule has 2 aromatic carbocycles. The Morgan fingerprint density at radius 3 is 2.63 bits per heavy atom. The Morgan fingerprint density at radius 2 is 1.84 bits per heavy atom. The Morgan fingerprint density at radius 1 is 1.05 bits per heavy atom. The van der Waals surface area contributed by atoms with E-state index in [0.29, 0.717) is 0 Å². The standard InChI is InChI=1S/C17H17NO/c1-2-3-11-18-15-9-5-4-8-14(15)17-13(12-19)7-6-10-16(17)18/h4-10,12H,2-3,11H2,1H3. The molecule has 0 N–H and O–H groups in total. The van der Waals surface area contributed by atoms with Crippen LogP contribution >= 0.6 is 0 Å². The van der Waals surface area contributed by atoms with E-state index in [1.807, 2.05) is 18.2 Å². The van der Waals surface area contributed by atoms with Crippen molar-refractivity contribution in [2.24, 2.45) is 0 Å². The maximum absolute atomic E-state index is 11.3. The van der Waals surface area contributed by atoms with Crippen LogP contribution in [0.25, 0.3) is 21.8 Å². The molecule has 2 heteroatoms. The van der Waals surface area contributed by atoms with Gasteiger partial charge in [0.05, 0.1) is 0 Å². The lowest BCUT2D eigenvalue weighted by molar-refractivity contribution is 0.112. The number of unbranched alkanes of at least 4 members (excludes halogenated alkanes) is 1. The summed E-state index contributed by atoms with van der Waals surface area (Å²) in [5.74, 6) is 0. The quantitative estimate of drug-likeness (QED) is 0.630. The van der Waals surface area contributed by atoms with Gasteiger partial charge in [0.2, 0.25) is 0 Å². The van der Waals surface area contributed by atoms with Gasteiger partial charge < -0.3 is 4.57 Å². The van der Waals surface area contributed by atoms with Crippen LogP contribution in [-0.2, 0) is 6.54 Å². The molecule has 0 atom stereocenters. The van der Waals surface area contributed by atoms with Crippen molar-refractivity contribution < 1.29 is 4.79 Å². The van der Waals surface area contributed by atoms with E-state index in [0.717, 1.165) is 30.2 Å². The highest BCUT2D eigenvalue weighted by atomic mass is 16.1. The lowest BCUT2D eigenvalue weighted by Gasteiger charge is -2.06. The highest BCUT2D eigenvalue weighted by molar-refractivity contribution is 6.14. The van der Waals surface area contributed by atoms with Gasteiger partial charge in [-0.2, -0.15) is 0 Å². The molecule has 0 saturated heterocycles. The van der Waals surface area contributed by atoms with Gasteiger partial charge in [0.15, 0.2) is 6.29 Å². The molecule has 0 saturated carbocycles. The van der Waals surface area contributed by atoms with E-state index in [1.54, 1.807) is 0 Å². The van der Waals surface area contributed by atoms with Gasteiger partial charge >= 0.3 is 0 Å². The fourth-order valence-corrected chi connectivity index (χ4v) is 2.78. The first-order valence-electron chi connectivity index (χ1n) is 6.82. The smallest absolute Gasteiger partial charge is 0.150 e. The second kappa shape index (κ2) is 4.88. The first-order valence-corrected chi connectivity index (χ1v) is 6.82. The van der Waals surface area contributed by atoms with E-state index in [4.69, 9.17) is 0 Å². The number of aromatic nitrogens is 1. The fraction of sp³-hybridized carbons (Fsp3) is 0.235. The molecule has 96 valence electrons. The second-order valence-corrected chi connectivity index (χ2v) is 4.88. The lowest BCUT2D eigenvalue weighted by atomic mass is 10.1. The first-order chi connectivity index (χ1) is 9.36. The molecule has 0 aliphatic rings. The summed E-state index contributed by atoms with van der Waals surface area (Å²) in [5, 5.41) is 2.26. The monoisotopic (exact) mass is 251 g/mol. The minimum absolute atomic E-state index is 0.781. The molecule has 0 amide bonds. The van der Waals surface area contributed by atoms with Crippen molar-refractivity contribution in [1.29, 1.82) is 0 Å². The predicted molar refractivity (Wildman–Crippen MR) is 79.7 cm³/mol. The van der Waals surface area contributed by atoms with E-state index in [-0.39, 0.29) is 0 Å². The summed E-state index contributed by atoms with van der Waals surface area (Å²) >= 11 is 0. The first kappa shape index (κ1) is 12.0. The van der Waals surface area contributed by atoms with Gasteiger partial charge in [-0.15, -0.1) is 0 Å². The van der Waals surface area contributed by atoms with E-state index in [9.17, 15) is 4.79 Å². The van der Waals surface area contributed by atoms with Gasteiger partial charge in [-0.05, 0) is 18.6 Å². The summed E-state index contributed by atoms with van der Waals surface area (Å²) in [6.07, 6.45) is 3.28. The molecule has 1 aromatic heterocycles. The molecule has 0 spiro atoms. The fourth-order valence-electron chi connectivity index (χ4n) is 2.78. The van der Waals surface area contributed by atoms with Gasteiger partial charge in [-0.1, -0.05) is 43.7 Å². The average Bonchev–Trinajstić information content (AvgIpc) is 2.79. The summed E-state index contributed by atoms with van der Waals surface area (Å²) in [6.45, 7) is 3.20. The molecule has 1 heterocycles. The van der Waals surface area contributed by atoms with Crippen LogP contribution in [-0.4, -0.2) is 10.9 Å². The van der Waals surface area contributed by atoms with E-state index < -0.39 is 0 Å². The van der Waals surface area contributed by atoms with Crippen LogP contribution in [0.1, 0.15) is 30.1 Å². The van der Waals surface area contributed by atoms with E-state index in [2.05, 4.69) is 35.8 Å². The third kappa shape index (κ3) is 1.84. The minimum atomic E-state index is 0.781. The van der Waals surface area contributed by atoms with Gasteiger partial charge in [0.1, 0.15) is 0 Å². The number of fused-ring (bicyclic) bond motifs is 3. The highest BCUT2D eigenvalue weighted by Crippen LogP contribution is 2.31. The Labute approximate surface area is 112 Å². The molecular weight excluding hydrogens is 234 g/mol. The molecule has 2 nitrogen and oxygen atoms in total. The van der Waals surface area contributed by atoms with Crippen molar-refractivity contribution in [3.8, 4) is 0 Å². The molecule has 19 heavy (non-hydrogen) atoms. The van der Waals surface area contributed by atoms with E-state index in [1.165, 1.54) is 22.8 Å². The minimum Gasteiger partial charge on any atom is -0.340 e. The number of hydrogen-bond donors (Lipinski definition) is 0. The topological polar surface area (TPSA) is 22.0 Å². The summed E-state index contributed by atoms with van der Waals surface area (Å²) in [7, 11) is 0. The molecular formula is C17H17NO. The Balaban J connectivity index is 2.40. The summed E-state index contributed by atoms with van der Waals surface area (Å²) in [6, 6.07) is 14.3. The summed E-state index contributed by atoms with van der Waals surface area (Å²) < 4.78 is 2.33. The number of aryl methyl sites for hydroxylation is 1. The molecule has 0 fully saturated rings. The number of aldehydes is 1. The zero-order valence-electron chi connectivity index (χ0n) is 11.1. The summed E-state index contributed by atoms with van der Waals surface area (Å²) in [5.41, 5.74) is 3.17. The molecule has 3 aromatic rings. The molecule has 0 radical (unpaired) electrons. The van der Waals surface area contributed by atoms with Gasteiger partial charge in [-0.25, -0.2) is 0 Å². The van der Waals surface area contributed by atoms with Gasteiger partial charge in [-0.3, -0.25) is 4.79 Å². The lowest BCUT2D eigenvalue weighted by Crippen LogP contribution is -1.97. The number of hydrogen-bond acceptors (Lipinski definition) is 1. The van der Waals surface area contributed by atoms with Crippen molar-refractivity contribution >= 4 is 28.1 Å². The molecule has 0 bridgehead atoms. The Hall–Kier alpha value is -2.09. The maximum Gasteiger partial charge on any atom is 0.150 e. The number of para-hydroxylation sites is 1. The maximum atomic E-state index is 11.3. The van der Waals surface area contributed by atoms with Crippen LogP contribution in [0.15, 0.2) is 42.5 Å². The van der Waals surface area contributed by atoms with Crippen LogP contribution in [0.3, 0.4) is 0 Å². The van der Waals surface area contributed by atoms with Crippen LogP contribution < -0.4 is 0 Å². The average molecular weight is 251 g/mol. The Bertz CT molecular complexity index is 739. The molecule has 3 rings (SSSR count). The predicted octanol–water partition coefficient (Wildman–Crippen LogP) is 4.41. The van der Waals surface area contributed by atoms with Crippen molar-refractivity contribution in [2.45, 2.75) is 26.3 Å². The molecule has 0 aliphatic heterocycles. The van der Waals surface area contributed by atoms with Gasteiger partial charge in [0, 0.05) is 33.9 Å². The van der Waals surface area contributed by atoms with Crippen LogP contribution in [0.5, 0.6) is 0 Å². The summed E-state index contributed by atoms with van der Waals surface area (Å²) in [4.78, 5) is 11.3. The third-order valence-corrected chi connectivity index (χ3v) is 3.69. The SMILES string of the molecule is CCCCn1c2ccccc2c2c(C=O)cccc21. The number of carbonyl (C=O) groups is 1. The van der Waals surface area contributed by atoms with Crippen molar-refractivity contribution in [1.82, 2.24) is 4.57 Å². The molecule has 0 unspecified atom stereocenters. The van der Waals surface area contributed by atoms with Crippen molar-refractivity contribution in [2.75, 3.05) is 0 Å².